The first-order valence-electron chi connectivity index (χ1n) is 9.47. The molecule has 0 saturated carbocycles. The second-order valence-corrected chi connectivity index (χ2v) is 7.19. The molecular formula is C23H24O5. The zero-order valence-electron chi connectivity index (χ0n) is 15.4. The molecule has 0 aromatic heterocycles. The average molecular weight is 380 g/mol. The fourth-order valence-electron chi connectivity index (χ4n) is 3.60. The average Bonchev–Trinajstić information content (AvgIpc) is 2.74. The molecule has 4 atom stereocenters. The van der Waals surface area contributed by atoms with Crippen molar-refractivity contribution in [2.75, 3.05) is 6.61 Å². The van der Waals surface area contributed by atoms with Crippen molar-refractivity contribution in [1.29, 1.82) is 0 Å². The number of hydrogen-bond acceptors (Lipinski definition) is 5. The van der Waals surface area contributed by atoms with Gasteiger partial charge < -0.3 is 24.8 Å². The molecule has 1 aliphatic rings. The Balaban J connectivity index is 1.42. The van der Waals surface area contributed by atoms with Crippen LogP contribution in [0.15, 0.2) is 66.7 Å². The quantitative estimate of drug-likeness (QED) is 0.634. The summed E-state index contributed by atoms with van der Waals surface area (Å²) in [4.78, 5) is 0. The third-order valence-corrected chi connectivity index (χ3v) is 5.18. The van der Waals surface area contributed by atoms with Crippen molar-refractivity contribution in [1.82, 2.24) is 0 Å². The van der Waals surface area contributed by atoms with Gasteiger partial charge in [-0.1, -0.05) is 48.5 Å². The molecule has 0 spiro atoms. The Morgan fingerprint density at radius 3 is 2.43 bits per heavy atom. The minimum absolute atomic E-state index is 0.187. The smallest absolute Gasteiger partial charge is 0.119 e. The van der Waals surface area contributed by atoms with Crippen LogP contribution >= 0.6 is 0 Å². The van der Waals surface area contributed by atoms with Gasteiger partial charge in [-0.15, -0.1) is 0 Å². The molecule has 5 heteroatoms. The number of rotatable bonds is 5. The number of aliphatic hydroxyl groups is 3. The van der Waals surface area contributed by atoms with Crippen LogP contribution in [0.4, 0.5) is 0 Å². The van der Waals surface area contributed by atoms with E-state index in [4.69, 9.17) is 9.47 Å². The summed E-state index contributed by atoms with van der Waals surface area (Å²) in [5, 5.41) is 31.9. The molecule has 4 rings (SSSR count). The van der Waals surface area contributed by atoms with Gasteiger partial charge in [0.15, 0.2) is 0 Å². The van der Waals surface area contributed by atoms with Gasteiger partial charge in [-0.25, -0.2) is 0 Å². The van der Waals surface area contributed by atoms with Crippen molar-refractivity contribution in [2.24, 2.45) is 0 Å². The highest BCUT2D eigenvalue weighted by Crippen LogP contribution is 2.32. The number of aliphatic hydroxyl groups excluding tert-OH is 3. The zero-order valence-corrected chi connectivity index (χ0v) is 15.4. The Labute approximate surface area is 163 Å². The van der Waals surface area contributed by atoms with Crippen LogP contribution in [0, 0.1) is 0 Å². The normalized spacial score (nSPS) is 25.0. The fraction of sp³-hybridized carbons (Fsp3) is 0.304. The van der Waals surface area contributed by atoms with Crippen LogP contribution in [0.2, 0.25) is 0 Å². The molecule has 0 radical (unpaired) electrons. The lowest BCUT2D eigenvalue weighted by Gasteiger charge is -2.36. The molecule has 1 saturated heterocycles. The van der Waals surface area contributed by atoms with Gasteiger partial charge in [0, 0.05) is 6.42 Å². The number of fused-ring (bicyclic) bond motifs is 1. The van der Waals surface area contributed by atoms with Crippen LogP contribution in [0.3, 0.4) is 0 Å². The summed E-state index contributed by atoms with van der Waals surface area (Å²) in [7, 11) is 0. The van der Waals surface area contributed by atoms with Gasteiger partial charge >= 0.3 is 0 Å². The van der Waals surface area contributed by atoms with Crippen LogP contribution in [0.25, 0.3) is 10.8 Å². The van der Waals surface area contributed by atoms with Gasteiger partial charge in [-0.2, -0.15) is 0 Å². The fourth-order valence-corrected chi connectivity index (χ4v) is 3.60. The van der Waals surface area contributed by atoms with E-state index in [1.807, 2.05) is 36.4 Å². The number of benzene rings is 3. The molecule has 3 aromatic carbocycles. The summed E-state index contributed by atoms with van der Waals surface area (Å²) < 4.78 is 11.6. The Bertz CT molecular complexity index is 924. The van der Waals surface area contributed by atoms with Gasteiger partial charge in [0.05, 0.1) is 18.8 Å². The van der Waals surface area contributed by atoms with Gasteiger partial charge in [-0.3, -0.25) is 0 Å². The van der Waals surface area contributed by atoms with E-state index in [0.717, 1.165) is 11.1 Å². The van der Waals surface area contributed by atoms with Crippen LogP contribution in [-0.2, 0) is 11.3 Å². The Hall–Kier alpha value is -2.44. The molecule has 1 fully saturated rings. The molecule has 0 bridgehead atoms. The van der Waals surface area contributed by atoms with E-state index in [2.05, 4.69) is 30.3 Å². The SMILES string of the molecule is OC[C@@H]1C[C@H](O)[C@H](O)C(c2ccc(OCc3ccc4ccccc4c3)cc2)O1. The highest BCUT2D eigenvalue weighted by Gasteiger charge is 2.37. The second-order valence-electron chi connectivity index (χ2n) is 7.19. The van der Waals surface area contributed by atoms with E-state index in [1.54, 1.807) is 0 Å². The van der Waals surface area contributed by atoms with Crippen molar-refractivity contribution in [3.8, 4) is 5.75 Å². The van der Waals surface area contributed by atoms with Gasteiger partial charge in [0.2, 0.25) is 0 Å². The number of ether oxygens (including phenoxy) is 2. The third kappa shape index (κ3) is 4.03. The molecule has 146 valence electrons. The maximum absolute atomic E-state index is 10.2. The molecule has 1 heterocycles. The Morgan fingerprint density at radius 2 is 1.68 bits per heavy atom. The molecule has 3 aromatic rings. The van der Waals surface area contributed by atoms with Gasteiger partial charge in [0.1, 0.15) is 24.6 Å². The summed E-state index contributed by atoms with van der Waals surface area (Å²) >= 11 is 0. The predicted molar refractivity (Wildman–Crippen MR) is 106 cm³/mol. The van der Waals surface area contributed by atoms with Crippen molar-refractivity contribution >= 4 is 10.8 Å². The third-order valence-electron chi connectivity index (χ3n) is 5.18. The first kappa shape index (κ1) is 18.9. The first-order valence-corrected chi connectivity index (χ1v) is 9.47. The molecule has 1 unspecified atom stereocenters. The largest absolute Gasteiger partial charge is 0.489 e. The van der Waals surface area contributed by atoms with Crippen LogP contribution < -0.4 is 4.74 Å². The maximum atomic E-state index is 10.2. The van der Waals surface area contributed by atoms with Crippen LogP contribution in [0.5, 0.6) is 5.75 Å². The van der Waals surface area contributed by atoms with Crippen LogP contribution in [-0.4, -0.2) is 40.2 Å². The molecule has 3 N–H and O–H groups in total. The summed E-state index contributed by atoms with van der Waals surface area (Å²) in [6.45, 7) is 0.269. The van der Waals surface area contributed by atoms with Gasteiger partial charge in [0.25, 0.3) is 0 Å². The zero-order chi connectivity index (χ0) is 19.5. The molecule has 1 aliphatic heterocycles. The van der Waals surface area contributed by atoms with E-state index in [1.165, 1.54) is 10.8 Å². The summed E-state index contributed by atoms with van der Waals surface area (Å²) in [6.07, 6.45) is -2.87. The topological polar surface area (TPSA) is 79.2 Å². The molecule has 0 aliphatic carbocycles. The lowest BCUT2D eigenvalue weighted by atomic mass is 9.93. The van der Waals surface area contributed by atoms with E-state index < -0.39 is 24.4 Å². The van der Waals surface area contributed by atoms with Crippen molar-refractivity contribution in [2.45, 2.75) is 37.4 Å². The standard InChI is InChI=1S/C23H24O5/c24-13-20-12-21(25)22(26)23(28-20)17-7-9-19(10-8-17)27-14-15-5-6-16-3-1-2-4-18(16)11-15/h1-11,20-26H,12-14H2/t20-,21-,22-,23?/m0/s1. The van der Waals surface area contributed by atoms with E-state index >= 15 is 0 Å². The van der Waals surface area contributed by atoms with E-state index in [9.17, 15) is 15.3 Å². The molecular weight excluding hydrogens is 356 g/mol. The molecule has 5 nitrogen and oxygen atoms in total. The minimum atomic E-state index is -1.02. The second kappa shape index (κ2) is 8.29. The first-order chi connectivity index (χ1) is 13.6. The highest BCUT2D eigenvalue weighted by atomic mass is 16.5. The van der Waals surface area contributed by atoms with Crippen molar-refractivity contribution < 1.29 is 24.8 Å². The molecule has 28 heavy (non-hydrogen) atoms. The molecule has 0 amide bonds. The van der Waals surface area contributed by atoms with E-state index in [-0.39, 0.29) is 13.0 Å². The summed E-state index contributed by atoms with van der Waals surface area (Å²) in [5.41, 5.74) is 1.82. The Kier molecular flexibility index (Phi) is 5.59. The number of hydrogen-bond donors (Lipinski definition) is 3. The highest BCUT2D eigenvalue weighted by molar-refractivity contribution is 5.82. The van der Waals surface area contributed by atoms with Crippen LogP contribution in [0.1, 0.15) is 23.7 Å². The Morgan fingerprint density at radius 1 is 0.929 bits per heavy atom. The van der Waals surface area contributed by atoms with E-state index in [0.29, 0.717) is 12.4 Å². The lowest BCUT2D eigenvalue weighted by Crippen LogP contribution is -2.44. The maximum Gasteiger partial charge on any atom is 0.119 e. The monoisotopic (exact) mass is 380 g/mol. The van der Waals surface area contributed by atoms with Crippen molar-refractivity contribution in [3.63, 3.8) is 0 Å². The van der Waals surface area contributed by atoms with Crippen molar-refractivity contribution in [3.05, 3.63) is 77.9 Å². The summed E-state index contributed by atoms with van der Waals surface area (Å²) in [5.74, 6) is 0.710. The minimum Gasteiger partial charge on any atom is -0.489 e. The lowest BCUT2D eigenvalue weighted by molar-refractivity contribution is -0.179. The summed E-state index contributed by atoms with van der Waals surface area (Å²) in [6, 6.07) is 21.7. The van der Waals surface area contributed by atoms with Gasteiger partial charge in [-0.05, 0) is 40.1 Å². The predicted octanol–water partition coefficient (Wildman–Crippen LogP) is 2.96.